The molecular weight excluding hydrogens is 392 g/mol. The van der Waals surface area contributed by atoms with Crippen molar-refractivity contribution in [3.05, 3.63) is 34.3 Å². The molecule has 2 aliphatic rings. The van der Waals surface area contributed by atoms with Crippen LogP contribution in [0.3, 0.4) is 0 Å². The maximum Gasteiger partial charge on any atom is 0.225 e. The standard InChI is InChI=1S/C20H29BrN4O/c1-13(2)19(26)25-10-8-16(9-11-25)23-20(22-3)24-18-12-17(18)14-4-6-15(21)7-5-14/h4-7,13,16-18H,8-12H2,1-3H3,(H2,22,23,24). The van der Waals surface area contributed by atoms with Crippen molar-refractivity contribution in [1.82, 2.24) is 15.5 Å². The third-order valence-corrected chi connectivity index (χ3v) is 5.80. The molecular formula is C20H29BrN4O. The van der Waals surface area contributed by atoms with Gasteiger partial charge in [-0.3, -0.25) is 9.79 Å². The van der Waals surface area contributed by atoms with E-state index in [1.807, 2.05) is 25.8 Å². The van der Waals surface area contributed by atoms with E-state index in [9.17, 15) is 4.79 Å². The highest BCUT2D eigenvalue weighted by Crippen LogP contribution is 2.41. The highest BCUT2D eigenvalue weighted by atomic mass is 79.9. The number of carbonyl (C=O) groups excluding carboxylic acids is 1. The van der Waals surface area contributed by atoms with Gasteiger partial charge in [0.05, 0.1) is 0 Å². The number of nitrogens with one attached hydrogen (secondary N) is 2. The van der Waals surface area contributed by atoms with Crippen molar-refractivity contribution in [2.24, 2.45) is 10.9 Å². The lowest BCUT2D eigenvalue weighted by Crippen LogP contribution is -2.50. The maximum absolute atomic E-state index is 12.1. The van der Waals surface area contributed by atoms with Crippen molar-refractivity contribution in [3.63, 3.8) is 0 Å². The Kier molecular flexibility index (Phi) is 6.22. The number of carbonyl (C=O) groups is 1. The summed E-state index contributed by atoms with van der Waals surface area (Å²) in [5.41, 5.74) is 1.38. The first-order valence-electron chi connectivity index (χ1n) is 9.52. The molecule has 1 aromatic carbocycles. The summed E-state index contributed by atoms with van der Waals surface area (Å²) in [5.74, 6) is 1.79. The van der Waals surface area contributed by atoms with Crippen LogP contribution in [-0.2, 0) is 4.79 Å². The van der Waals surface area contributed by atoms with Gasteiger partial charge < -0.3 is 15.5 Å². The maximum atomic E-state index is 12.1. The monoisotopic (exact) mass is 420 g/mol. The number of benzene rings is 1. The van der Waals surface area contributed by atoms with Crippen LogP contribution in [0.2, 0.25) is 0 Å². The molecule has 1 saturated heterocycles. The highest BCUT2D eigenvalue weighted by Gasteiger charge is 2.39. The molecule has 26 heavy (non-hydrogen) atoms. The molecule has 1 amide bonds. The summed E-state index contributed by atoms with van der Waals surface area (Å²) in [4.78, 5) is 18.5. The minimum Gasteiger partial charge on any atom is -0.354 e. The lowest BCUT2D eigenvalue weighted by atomic mass is 10.0. The predicted octanol–water partition coefficient (Wildman–Crippen LogP) is 3.12. The second-order valence-electron chi connectivity index (χ2n) is 7.62. The predicted molar refractivity (Wildman–Crippen MR) is 109 cm³/mol. The smallest absolute Gasteiger partial charge is 0.225 e. The third-order valence-electron chi connectivity index (χ3n) is 5.28. The molecule has 2 unspecified atom stereocenters. The molecule has 1 aromatic rings. The molecule has 1 aliphatic carbocycles. The Hall–Kier alpha value is -1.56. The lowest BCUT2D eigenvalue weighted by Gasteiger charge is -2.34. The number of nitrogens with zero attached hydrogens (tertiary/aromatic N) is 2. The molecule has 2 atom stereocenters. The molecule has 0 aromatic heterocycles. The van der Waals surface area contributed by atoms with E-state index < -0.39 is 0 Å². The van der Waals surface area contributed by atoms with Crippen molar-refractivity contribution in [3.8, 4) is 0 Å². The van der Waals surface area contributed by atoms with E-state index >= 15 is 0 Å². The number of rotatable bonds is 4. The molecule has 1 saturated carbocycles. The van der Waals surface area contributed by atoms with Crippen LogP contribution in [-0.4, -0.2) is 49.0 Å². The van der Waals surface area contributed by atoms with Gasteiger partial charge in [-0.2, -0.15) is 0 Å². The Balaban J connectivity index is 1.45. The summed E-state index contributed by atoms with van der Waals surface area (Å²) < 4.78 is 1.12. The molecule has 3 rings (SSSR count). The van der Waals surface area contributed by atoms with Crippen LogP contribution < -0.4 is 10.6 Å². The molecule has 0 spiro atoms. The Labute approximate surface area is 164 Å². The van der Waals surface area contributed by atoms with Crippen LogP contribution in [0.4, 0.5) is 0 Å². The van der Waals surface area contributed by atoms with Crippen LogP contribution >= 0.6 is 15.9 Å². The first-order chi connectivity index (χ1) is 12.5. The number of aliphatic imine (C=N–C) groups is 1. The van der Waals surface area contributed by atoms with Gasteiger partial charge in [0.25, 0.3) is 0 Å². The topological polar surface area (TPSA) is 56.7 Å². The zero-order valence-corrected chi connectivity index (χ0v) is 17.4. The number of likely N-dealkylation sites (tertiary alicyclic amines) is 1. The molecule has 6 heteroatoms. The van der Waals surface area contributed by atoms with Gasteiger partial charge in [0.15, 0.2) is 5.96 Å². The molecule has 2 N–H and O–H groups in total. The van der Waals surface area contributed by atoms with Gasteiger partial charge in [0, 0.05) is 48.5 Å². The van der Waals surface area contributed by atoms with Gasteiger partial charge in [-0.1, -0.05) is 41.9 Å². The Morgan fingerprint density at radius 2 is 1.85 bits per heavy atom. The molecule has 0 radical (unpaired) electrons. The zero-order valence-electron chi connectivity index (χ0n) is 15.8. The largest absolute Gasteiger partial charge is 0.354 e. The second kappa shape index (κ2) is 8.42. The third kappa shape index (κ3) is 4.78. The number of halogens is 1. The second-order valence-corrected chi connectivity index (χ2v) is 8.53. The zero-order chi connectivity index (χ0) is 18.7. The van der Waals surface area contributed by atoms with E-state index in [1.54, 1.807) is 0 Å². The fraction of sp³-hybridized carbons (Fsp3) is 0.600. The van der Waals surface area contributed by atoms with Crippen molar-refractivity contribution in [2.75, 3.05) is 20.1 Å². The molecule has 142 valence electrons. The molecule has 1 heterocycles. The highest BCUT2D eigenvalue weighted by molar-refractivity contribution is 9.10. The molecule has 5 nitrogen and oxygen atoms in total. The minimum atomic E-state index is 0.0827. The summed E-state index contributed by atoms with van der Waals surface area (Å²) in [6.07, 6.45) is 3.09. The summed E-state index contributed by atoms with van der Waals surface area (Å²) in [6, 6.07) is 9.41. The fourth-order valence-corrected chi connectivity index (χ4v) is 3.85. The van der Waals surface area contributed by atoms with E-state index in [4.69, 9.17) is 0 Å². The van der Waals surface area contributed by atoms with Crippen molar-refractivity contribution >= 4 is 27.8 Å². The summed E-state index contributed by atoms with van der Waals surface area (Å²) >= 11 is 3.49. The number of hydrogen-bond acceptors (Lipinski definition) is 2. The number of amides is 1. The van der Waals surface area contributed by atoms with Crippen molar-refractivity contribution in [2.45, 2.75) is 51.1 Å². The quantitative estimate of drug-likeness (QED) is 0.580. The van der Waals surface area contributed by atoms with Gasteiger partial charge in [-0.15, -0.1) is 0 Å². The SMILES string of the molecule is CN=C(NC1CCN(C(=O)C(C)C)CC1)NC1CC1c1ccc(Br)cc1. The van der Waals surface area contributed by atoms with E-state index in [0.29, 0.717) is 18.0 Å². The normalized spacial score (nSPS) is 23.9. The number of hydrogen-bond donors (Lipinski definition) is 2. The molecule has 2 fully saturated rings. The van der Waals surface area contributed by atoms with E-state index in [1.165, 1.54) is 5.56 Å². The number of guanidine groups is 1. The van der Waals surface area contributed by atoms with Gasteiger partial charge in [0.2, 0.25) is 5.91 Å². The first-order valence-corrected chi connectivity index (χ1v) is 10.3. The number of piperidine rings is 1. The van der Waals surface area contributed by atoms with Crippen LogP contribution in [0.1, 0.15) is 44.6 Å². The fourth-order valence-electron chi connectivity index (χ4n) is 3.58. The van der Waals surface area contributed by atoms with Gasteiger partial charge >= 0.3 is 0 Å². The first kappa shape index (κ1) is 19.2. The summed E-state index contributed by atoms with van der Waals surface area (Å²) in [6.45, 7) is 5.60. The Bertz CT molecular complexity index is 650. The summed E-state index contributed by atoms with van der Waals surface area (Å²) in [5, 5.41) is 7.09. The van der Waals surface area contributed by atoms with Gasteiger partial charge in [-0.25, -0.2) is 0 Å². The van der Waals surface area contributed by atoms with E-state index in [-0.39, 0.29) is 11.8 Å². The molecule has 1 aliphatic heterocycles. The lowest BCUT2D eigenvalue weighted by molar-refractivity contribution is -0.135. The van der Waals surface area contributed by atoms with Gasteiger partial charge in [0.1, 0.15) is 0 Å². The Morgan fingerprint density at radius 3 is 2.42 bits per heavy atom. The van der Waals surface area contributed by atoms with Crippen LogP contribution in [0.25, 0.3) is 0 Å². The van der Waals surface area contributed by atoms with Crippen molar-refractivity contribution in [1.29, 1.82) is 0 Å². The average Bonchev–Trinajstić information content (AvgIpc) is 3.40. The van der Waals surface area contributed by atoms with Crippen LogP contribution in [0.15, 0.2) is 33.7 Å². The Morgan fingerprint density at radius 1 is 1.19 bits per heavy atom. The summed E-state index contributed by atoms with van der Waals surface area (Å²) in [7, 11) is 1.82. The van der Waals surface area contributed by atoms with Crippen LogP contribution in [0.5, 0.6) is 0 Å². The van der Waals surface area contributed by atoms with Crippen LogP contribution in [0, 0.1) is 5.92 Å². The average molecular weight is 421 g/mol. The van der Waals surface area contributed by atoms with E-state index in [2.05, 4.69) is 55.8 Å². The minimum absolute atomic E-state index is 0.0827. The van der Waals surface area contributed by atoms with Crippen molar-refractivity contribution < 1.29 is 4.79 Å². The van der Waals surface area contributed by atoms with Gasteiger partial charge in [-0.05, 0) is 37.0 Å². The van der Waals surface area contributed by atoms with E-state index in [0.717, 1.165) is 42.8 Å². The molecule has 0 bridgehead atoms.